The van der Waals surface area contributed by atoms with Gasteiger partial charge in [-0.05, 0) is 45.7 Å². The summed E-state index contributed by atoms with van der Waals surface area (Å²) in [6, 6.07) is 8.88. The Balaban J connectivity index is 1.88. The summed E-state index contributed by atoms with van der Waals surface area (Å²) >= 11 is 0. The third-order valence-corrected chi connectivity index (χ3v) is 5.01. The Labute approximate surface area is 156 Å². The Bertz CT molecular complexity index is 604. The lowest BCUT2D eigenvalue weighted by atomic mass is 10.0. The minimum Gasteiger partial charge on any atom is -0.410 e. The van der Waals surface area contributed by atoms with Crippen LogP contribution >= 0.6 is 0 Å². The van der Waals surface area contributed by atoms with Gasteiger partial charge in [-0.25, -0.2) is 4.79 Å². The summed E-state index contributed by atoms with van der Waals surface area (Å²) in [5.74, 6) is 0.588. The Kier molecular flexibility index (Phi) is 7.03. The average Bonchev–Trinajstić information content (AvgIpc) is 2.87. The highest BCUT2D eigenvalue weighted by molar-refractivity contribution is 5.82. The molecule has 6 nitrogen and oxygen atoms in total. The number of amides is 2. The maximum Gasteiger partial charge on any atom is 0.415 e. The monoisotopic (exact) mass is 361 g/mol. The molecule has 0 aromatic heterocycles. The van der Waals surface area contributed by atoms with Gasteiger partial charge in [0.15, 0.2) is 0 Å². The van der Waals surface area contributed by atoms with Crippen LogP contribution in [0.25, 0.3) is 0 Å². The van der Waals surface area contributed by atoms with Crippen molar-refractivity contribution in [3.63, 3.8) is 0 Å². The van der Waals surface area contributed by atoms with Gasteiger partial charge in [-0.1, -0.05) is 25.1 Å². The van der Waals surface area contributed by atoms with E-state index in [1.54, 1.807) is 17.0 Å². The zero-order valence-corrected chi connectivity index (χ0v) is 16.3. The first-order valence-electron chi connectivity index (χ1n) is 9.40. The lowest BCUT2D eigenvalue weighted by Crippen LogP contribution is -2.52. The first-order valence-corrected chi connectivity index (χ1v) is 9.40. The van der Waals surface area contributed by atoms with E-state index in [1.807, 2.05) is 39.0 Å². The molecule has 0 spiro atoms. The summed E-state index contributed by atoms with van der Waals surface area (Å²) in [5, 5.41) is 3.10. The molecule has 1 aromatic carbocycles. The number of carbonyl (C=O) groups is 2. The maximum atomic E-state index is 12.5. The fourth-order valence-corrected chi connectivity index (χ4v) is 2.85. The topological polar surface area (TPSA) is 61.9 Å². The summed E-state index contributed by atoms with van der Waals surface area (Å²) in [4.78, 5) is 28.7. The quantitative estimate of drug-likeness (QED) is 0.876. The number of ether oxygens (including phenoxy) is 1. The van der Waals surface area contributed by atoms with Gasteiger partial charge >= 0.3 is 6.09 Å². The maximum absolute atomic E-state index is 12.5. The van der Waals surface area contributed by atoms with E-state index in [4.69, 9.17) is 4.74 Å². The molecule has 0 radical (unpaired) electrons. The smallest absolute Gasteiger partial charge is 0.410 e. The molecule has 0 aliphatic carbocycles. The van der Waals surface area contributed by atoms with Gasteiger partial charge in [-0.15, -0.1) is 0 Å². The molecular weight excluding hydrogens is 330 g/mol. The number of carbonyl (C=O) groups excluding carboxylic acids is 2. The van der Waals surface area contributed by atoms with Gasteiger partial charge in [-0.3, -0.25) is 9.69 Å². The van der Waals surface area contributed by atoms with Crippen LogP contribution in [0, 0.1) is 0 Å². The number of hydrogen-bond acceptors (Lipinski definition) is 4. The van der Waals surface area contributed by atoms with Crippen LogP contribution in [0.5, 0.6) is 5.75 Å². The molecule has 1 heterocycles. The minimum absolute atomic E-state index is 0.0390. The number of para-hydroxylation sites is 1. The molecule has 1 saturated heterocycles. The Morgan fingerprint density at radius 1 is 1.15 bits per heavy atom. The number of nitrogens with one attached hydrogen (secondary N) is 1. The average molecular weight is 361 g/mol. The van der Waals surface area contributed by atoms with E-state index in [2.05, 4.69) is 17.1 Å². The van der Waals surface area contributed by atoms with Crippen molar-refractivity contribution >= 4 is 12.0 Å². The van der Waals surface area contributed by atoms with Gasteiger partial charge in [0.2, 0.25) is 5.91 Å². The predicted molar refractivity (Wildman–Crippen MR) is 102 cm³/mol. The molecule has 26 heavy (non-hydrogen) atoms. The van der Waals surface area contributed by atoms with Gasteiger partial charge in [0.25, 0.3) is 0 Å². The molecule has 0 bridgehead atoms. The standard InChI is InChI=1S/C20H31N3O3/c1-5-20(3,4)21-18(24)16(2)22-12-9-13-23(15-14-22)19(25)26-17-10-7-6-8-11-17/h6-8,10-11,16H,5,9,12-15H2,1-4H3,(H,21,24). The van der Waals surface area contributed by atoms with Crippen LogP contribution in [0.3, 0.4) is 0 Å². The van der Waals surface area contributed by atoms with Crippen LogP contribution in [0.15, 0.2) is 30.3 Å². The molecule has 0 saturated carbocycles. The molecule has 1 aromatic rings. The van der Waals surface area contributed by atoms with Crippen molar-refractivity contribution in [3.8, 4) is 5.75 Å². The van der Waals surface area contributed by atoms with Crippen LogP contribution < -0.4 is 10.1 Å². The fraction of sp³-hybridized carbons (Fsp3) is 0.600. The number of hydrogen-bond donors (Lipinski definition) is 1. The van der Waals surface area contributed by atoms with Crippen molar-refractivity contribution in [2.45, 2.75) is 52.1 Å². The third-order valence-electron chi connectivity index (χ3n) is 5.01. The van der Waals surface area contributed by atoms with Crippen molar-refractivity contribution in [3.05, 3.63) is 30.3 Å². The number of nitrogens with zero attached hydrogens (tertiary/aromatic N) is 2. The Morgan fingerprint density at radius 3 is 2.50 bits per heavy atom. The Morgan fingerprint density at radius 2 is 1.85 bits per heavy atom. The lowest BCUT2D eigenvalue weighted by molar-refractivity contribution is -0.127. The molecule has 2 rings (SSSR count). The summed E-state index contributed by atoms with van der Waals surface area (Å²) in [5.41, 5.74) is -0.206. The van der Waals surface area contributed by atoms with E-state index >= 15 is 0 Å². The first-order chi connectivity index (χ1) is 12.3. The number of rotatable bonds is 5. The minimum atomic E-state index is -0.331. The molecule has 1 fully saturated rings. The number of benzene rings is 1. The molecule has 6 heteroatoms. The third kappa shape index (κ3) is 5.73. The second-order valence-corrected chi connectivity index (χ2v) is 7.46. The molecule has 1 N–H and O–H groups in total. The largest absolute Gasteiger partial charge is 0.415 e. The molecule has 1 aliphatic rings. The van der Waals surface area contributed by atoms with E-state index in [1.165, 1.54) is 0 Å². The van der Waals surface area contributed by atoms with Crippen molar-refractivity contribution < 1.29 is 14.3 Å². The summed E-state index contributed by atoms with van der Waals surface area (Å²) < 4.78 is 5.42. The molecule has 144 valence electrons. The second-order valence-electron chi connectivity index (χ2n) is 7.46. The van der Waals surface area contributed by atoms with E-state index in [-0.39, 0.29) is 23.6 Å². The van der Waals surface area contributed by atoms with Gasteiger partial charge in [0.1, 0.15) is 5.75 Å². The van der Waals surface area contributed by atoms with Crippen LogP contribution in [0.2, 0.25) is 0 Å². The van der Waals surface area contributed by atoms with Gasteiger partial charge in [-0.2, -0.15) is 0 Å². The zero-order valence-electron chi connectivity index (χ0n) is 16.3. The molecule has 2 amide bonds. The zero-order chi connectivity index (χ0) is 19.2. The van der Waals surface area contributed by atoms with E-state index in [9.17, 15) is 9.59 Å². The van der Waals surface area contributed by atoms with Crippen LogP contribution in [0.4, 0.5) is 4.79 Å². The Hall–Kier alpha value is -2.08. The summed E-state index contributed by atoms with van der Waals surface area (Å²) in [6.45, 7) is 10.7. The van der Waals surface area contributed by atoms with Crippen LogP contribution in [-0.2, 0) is 4.79 Å². The SMILES string of the molecule is CCC(C)(C)NC(=O)C(C)N1CCCN(C(=O)Oc2ccccc2)CC1. The van der Waals surface area contributed by atoms with Gasteiger partial charge in [0.05, 0.1) is 6.04 Å². The van der Waals surface area contributed by atoms with E-state index < -0.39 is 0 Å². The van der Waals surface area contributed by atoms with Crippen molar-refractivity contribution in [1.29, 1.82) is 0 Å². The van der Waals surface area contributed by atoms with Crippen LogP contribution in [-0.4, -0.2) is 59.6 Å². The highest BCUT2D eigenvalue weighted by atomic mass is 16.6. The fourth-order valence-electron chi connectivity index (χ4n) is 2.85. The highest BCUT2D eigenvalue weighted by Crippen LogP contribution is 2.14. The van der Waals surface area contributed by atoms with Gasteiger partial charge in [0, 0.05) is 31.7 Å². The summed E-state index contributed by atoms with van der Waals surface area (Å²) in [6.07, 6.45) is 1.37. The second kappa shape index (κ2) is 9.03. The van der Waals surface area contributed by atoms with E-state index in [0.717, 1.165) is 19.4 Å². The first kappa shape index (κ1) is 20.2. The molecule has 1 unspecified atom stereocenters. The highest BCUT2D eigenvalue weighted by Gasteiger charge is 2.28. The van der Waals surface area contributed by atoms with E-state index in [0.29, 0.717) is 25.4 Å². The molecular formula is C20H31N3O3. The van der Waals surface area contributed by atoms with Crippen molar-refractivity contribution in [1.82, 2.24) is 15.1 Å². The van der Waals surface area contributed by atoms with Crippen molar-refractivity contribution in [2.24, 2.45) is 0 Å². The summed E-state index contributed by atoms with van der Waals surface area (Å²) in [7, 11) is 0. The normalized spacial score (nSPS) is 17.3. The molecule has 1 aliphatic heterocycles. The van der Waals surface area contributed by atoms with Crippen LogP contribution in [0.1, 0.15) is 40.5 Å². The predicted octanol–water partition coefficient (Wildman–Crippen LogP) is 2.89. The van der Waals surface area contributed by atoms with Gasteiger partial charge < -0.3 is 15.0 Å². The van der Waals surface area contributed by atoms with Crippen molar-refractivity contribution in [2.75, 3.05) is 26.2 Å². The lowest BCUT2D eigenvalue weighted by Gasteiger charge is -2.31. The molecule has 1 atom stereocenters.